The zero-order chi connectivity index (χ0) is 27.5. The second kappa shape index (κ2) is 13.9. The average molecular weight is 527 g/mol. The molecule has 6 nitrogen and oxygen atoms in total. The van der Waals surface area contributed by atoms with Crippen LogP contribution in [0.15, 0.2) is 109 Å². The quantitative estimate of drug-likeness (QED) is 0.218. The molecule has 0 spiro atoms. The summed E-state index contributed by atoms with van der Waals surface area (Å²) in [6, 6.07) is 34.4. The Morgan fingerprint density at radius 1 is 0.795 bits per heavy atom. The fourth-order valence-corrected chi connectivity index (χ4v) is 4.53. The Morgan fingerprint density at radius 2 is 1.44 bits per heavy atom. The van der Waals surface area contributed by atoms with E-state index in [1.165, 1.54) is 11.1 Å². The number of carbonyl (C=O) groups excluding carboxylic acids is 2. The van der Waals surface area contributed by atoms with Crippen molar-refractivity contribution in [1.82, 2.24) is 4.90 Å². The highest BCUT2D eigenvalue weighted by molar-refractivity contribution is 5.93. The Labute approximate surface area is 227 Å². The van der Waals surface area contributed by atoms with Crippen LogP contribution in [-0.2, 0) is 11.5 Å². The van der Waals surface area contributed by atoms with Crippen molar-refractivity contribution in [3.63, 3.8) is 0 Å². The fourth-order valence-electron chi connectivity index (χ4n) is 4.53. The maximum absolute atomic E-state index is 12.3. The normalized spacial score (nSPS) is 10.9. The summed E-state index contributed by atoms with van der Waals surface area (Å²) in [6.07, 6.45) is 0.739. The molecule has 0 saturated heterocycles. The maximum Gasteiger partial charge on any atom is 0.379 e. The fraction of sp³-hybridized carbons (Fsp3) is 0.188. The second-order valence-electron chi connectivity index (χ2n) is 9.26. The van der Waals surface area contributed by atoms with E-state index in [1.54, 1.807) is 36.4 Å². The minimum absolute atomic E-state index is 0.140. The van der Waals surface area contributed by atoms with Gasteiger partial charge in [0, 0.05) is 35.6 Å². The van der Waals surface area contributed by atoms with Crippen molar-refractivity contribution in [3.8, 4) is 5.75 Å². The largest absolute Gasteiger partial charge is 0.494 e. The molecule has 0 unspecified atom stereocenters. The van der Waals surface area contributed by atoms with Gasteiger partial charge in [-0.1, -0.05) is 78.9 Å². The van der Waals surface area contributed by atoms with Gasteiger partial charge in [-0.15, -0.1) is 0 Å². The zero-order valence-corrected chi connectivity index (χ0v) is 21.5. The van der Waals surface area contributed by atoms with E-state index in [9.17, 15) is 14.1 Å². The predicted molar refractivity (Wildman–Crippen MR) is 148 cm³/mol. The lowest BCUT2D eigenvalue weighted by atomic mass is 9.90. The number of carbonyl (C=O) groups is 2. The zero-order valence-electron chi connectivity index (χ0n) is 21.5. The van der Waals surface area contributed by atoms with Crippen molar-refractivity contribution in [1.29, 1.82) is 0 Å². The SMILES string of the molecule is NC(=O)c1cccc(OCCCN(Cc2ccc(C(=O)OF)cc2)CC(c2ccccc2)c2ccccc2)c1. The van der Waals surface area contributed by atoms with Crippen LogP contribution in [0.3, 0.4) is 0 Å². The van der Waals surface area contributed by atoms with Crippen LogP contribution in [-0.4, -0.2) is 36.5 Å². The van der Waals surface area contributed by atoms with Gasteiger partial charge in [0.1, 0.15) is 5.75 Å². The molecule has 0 radical (unpaired) electrons. The first-order valence-corrected chi connectivity index (χ1v) is 12.8. The predicted octanol–water partition coefficient (Wildman–Crippen LogP) is 5.93. The second-order valence-corrected chi connectivity index (χ2v) is 9.26. The highest BCUT2D eigenvalue weighted by atomic mass is 19.3. The van der Waals surface area contributed by atoms with Gasteiger partial charge in [0.25, 0.3) is 0 Å². The summed E-state index contributed by atoms with van der Waals surface area (Å²) in [5.74, 6) is -0.768. The summed E-state index contributed by atoms with van der Waals surface area (Å²) in [6.45, 7) is 2.57. The van der Waals surface area contributed by atoms with Crippen LogP contribution in [0.4, 0.5) is 4.53 Å². The van der Waals surface area contributed by atoms with Crippen molar-refractivity contribution in [2.75, 3.05) is 19.7 Å². The lowest BCUT2D eigenvalue weighted by Gasteiger charge is -2.28. The average Bonchev–Trinajstić information content (AvgIpc) is 2.98. The molecule has 0 saturated carbocycles. The van der Waals surface area contributed by atoms with E-state index in [4.69, 9.17) is 10.5 Å². The third kappa shape index (κ3) is 7.99. The molecule has 0 aromatic heterocycles. The highest BCUT2D eigenvalue weighted by Gasteiger charge is 2.19. The molecule has 0 aliphatic rings. The van der Waals surface area contributed by atoms with Crippen LogP contribution in [0.2, 0.25) is 0 Å². The topological polar surface area (TPSA) is 81.9 Å². The molecule has 0 bridgehead atoms. The van der Waals surface area contributed by atoms with E-state index >= 15 is 0 Å². The number of rotatable bonds is 13. The Hall–Kier alpha value is -4.49. The number of hydrogen-bond acceptors (Lipinski definition) is 5. The molecule has 2 N–H and O–H groups in total. The summed E-state index contributed by atoms with van der Waals surface area (Å²) in [4.78, 5) is 28.7. The van der Waals surface area contributed by atoms with Gasteiger partial charge in [0.15, 0.2) is 0 Å². The van der Waals surface area contributed by atoms with Gasteiger partial charge >= 0.3 is 5.97 Å². The van der Waals surface area contributed by atoms with Crippen LogP contribution in [0, 0.1) is 0 Å². The van der Waals surface area contributed by atoms with Gasteiger partial charge in [0.05, 0.1) is 12.2 Å². The number of nitrogens with zero attached hydrogens (tertiary/aromatic N) is 1. The monoisotopic (exact) mass is 526 g/mol. The van der Waals surface area contributed by atoms with Crippen LogP contribution in [0.1, 0.15) is 49.7 Å². The number of amides is 1. The van der Waals surface area contributed by atoms with Crippen molar-refractivity contribution in [2.24, 2.45) is 5.73 Å². The summed E-state index contributed by atoms with van der Waals surface area (Å²) in [5.41, 5.74) is 9.36. The number of hydrogen-bond donors (Lipinski definition) is 1. The lowest BCUT2D eigenvalue weighted by Crippen LogP contribution is -2.30. The van der Waals surface area contributed by atoms with Gasteiger partial charge in [-0.05, 0) is 53.4 Å². The van der Waals surface area contributed by atoms with E-state index in [-0.39, 0.29) is 11.5 Å². The first kappa shape index (κ1) is 27.5. The van der Waals surface area contributed by atoms with Crippen LogP contribution < -0.4 is 10.5 Å². The van der Waals surface area contributed by atoms with Crippen molar-refractivity contribution in [3.05, 3.63) is 137 Å². The van der Waals surface area contributed by atoms with Crippen molar-refractivity contribution >= 4 is 11.9 Å². The third-order valence-corrected chi connectivity index (χ3v) is 6.52. The van der Waals surface area contributed by atoms with Gasteiger partial charge in [-0.3, -0.25) is 9.69 Å². The van der Waals surface area contributed by atoms with Gasteiger partial charge in [-0.2, -0.15) is 0 Å². The molecule has 39 heavy (non-hydrogen) atoms. The summed E-state index contributed by atoms with van der Waals surface area (Å²) < 4.78 is 18.2. The first-order valence-electron chi connectivity index (χ1n) is 12.8. The van der Waals surface area contributed by atoms with E-state index in [0.29, 0.717) is 24.5 Å². The molecule has 4 rings (SSSR count). The van der Waals surface area contributed by atoms with Crippen LogP contribution >= 0.6 is 0 Å². The molecular weight excluding hydrogens is 495 g/mol. The number of nitrogens with two attached hydrogens (primary N) is 1. The Balaban J connectivity index is 1.50. The summed E-state index contributed by atoms with van der Waals surface area (Å²) >= 11 is 0. The van der Waals surface area contributed by atoms with E-state index in [0.717, 1.165) is 25.1 Å². The third-order valence-electron chi connectivity index (χ3n) is 6.52. The number of primary amides is 1. The number of ether oxygens (including phenoxy) is 1. The molecule has 200 valence electrons. The van der Waals surface area contributed by atoms with Crippen molar-refractivity contribution < 1.29 is 23.8 Å². The summed E-state index contributed by atoms with van der Waals surface area (Å²) in [7, 11) is 0. The standard InChI is InChI=1S/C32H31FN2O4/c33-39-32(37)27-17-15-24(16-18-27)22-35(19-8-20-38-29-14-7-13-28(21-29)31(34)36)23-30(25-9-3-1-4-10-25)26-11-5-2-6-12-26/h1-7,9-18,21,30H,8,19-20,22-23H2,(H2,34,36). The molecule has 0 aliphatic carbocycles. The smallest absolute Gasteiger partial charge is 0.379 e. The Kier molecular flexibility index (Phi) is 9.80. The van der Waals surface area contributed by atoms with Crippen LogP contribution in [0.5, 0.6) is 5.75 Å². The van der Waals surface area contributed by atoms with E-state index < -0.39 is 11.9 Å². The maximum atomic E-state index is 12.3. The Morgan fingerprint density at radius 3 is 2.03 bits per heavy atom. The molecule has 0 aliphatic heterocycles. The summed E-state index contributed by atoms with van der Waals surface area (Å²) in [5, 5.41) is 0. The molecular formula is C32H31FN2O4. The van der Waals surface area contributed by atoms with Crippen LogP contribution in [0.25, 0.3) is 0 Å². The first-order chi connectivity index (χ1) is 19.0. The highest BCUT2D eigenvalue weighted by Crippen LogP contribution is 2.26. The molecule has 7 heteroatoms. The Bertz CT molecular complexity index is 1310. The number of halogens is 1. The molecule has 4 aromatic rings. The van der Waals surface area contributed by atoms with Crippen molar-refractivity contribution in [2.45, 2.75) is 18.9 Å². The molecule has 0 heterocycles. The minimum atomic E-state index is -1.01. The van der Waals surface area contributed by atoms with E-state index in [2.05, 4.69) is 34.1 Å². The number of benzene rings is 4. The van der Waals surface area contributed by atoms with Gasteiger partial charge in [0.2, 0.25) is 5.91 Å². The van der Waals surface area contributed by atoms with E-state index in [1.807, 2.05) is 48.5 Å². The minimum Gasteiger partial charge on any atom is -0.494 e. The molecule has 0 fully saturated rings. The van der Waals surface area contributed by atoms with Gasteiger partial charge < -0.3 is 10.5 Å². The molecule has 1 amide bonds. The molecule has 0 atom stereocenters. The molecule has 4 aromatic carbocycles. The van der Waals surface area contributed by atoms with Gasteiger partial charge in [-0.25, -0.2) is 9.74 Å². The lowest BCUT2D eigenvalue weighted by molar-refractivity contribution is -0.0788.